The monoisotopic (exact) mass is 305 g/mol. The molecule has 0 bridgehead atoms. The second-order valence-corrected chi connectivity index (χ2v) is 7.30. The van der Waals surface area contributed by atoms with E-state index in [0.29, 0.717) is 5.56 Å². The summed E-state index contributed by atoms with van der Waals surface area (Å²) in [5.41, 5.74) is 0.522. The molecule has 19 heavy (non-hydrogen) atoms. The number of aliphatic hydroxyl groups is 1. The van der Waals surface area contributed by atoms with Gasteiger partial charge in [-0.05, 0) is 30.5 Å². The van der Waals surface area contributed by atoms with E-state index in [9.17, 15) is 8.42 Å². The first kappa shape index (κ1) is 16.4. The Balaban J connectivity index is 3.27. The van der Waals surface area contributed by atoms with Crippen LogP contribution in [-0.2, 0) is 16.6 Å². The number of halogens is 1. The number of aliphatic hydroxyl groups excluding tert-OH is 1. The Labute approximate surface area is 120 Å². The second-order valence-electron chi connectivity index (χ2n) is 4.93. The van der Waals surface area contributed by atoms with Gasteiger partial charge in [0, 0.05) is 13.1 Å². The van der Waals surface area contributed by atoms with E-state index < -0.39 is 10.0 Å². The highest BCUT2D eigenvalue weighted by atomic mass is 35.5. The molecular formula is C13H20ClNO3S. The molecule has 1 aromatic rings. The molecule has 108 valence electrons. The summed E-state index contributed by atoms with van der Waals surface area (Å²) in [7, 11) is -2.11. The van der Waals surface area contributed by atoms with E-state index in [1.807, 2.05) is 20.8 Å². The number of hydrogen-bond donors (Lipinski definition) is 1. The Morgan fingerprint density at radius 1 is 1.32 bits per heavy atom. The average molecular weight is 306 g/mol. The molecule has 1 atom stereocenters. The molecule has 1 unspecified atom stereocenters. The molecule has 0 aromatic heterocycles. The highest BCUT2D eigenvalue weighted by molar-refractivity contribution is 7.89. The predicted octanol–water partition coefficient (Wildman–Crippen LogP) is 2.50. The molecule has 0 saturated carbocycles. The minimum Gasteiger partial charge on any atom is -0.392 e. The van der Waals surface area contributed by atoms with Crippen LogP contribution in [0.5, 0.6) is 0 Å². The Bertz CT molecular complexity index is 543. The number of rotatable bonds is 5. The summed E-state index contributed by atoms with van der Waals surface area (Å²) in [6.07, 6.45) is 0. The Kier molecular flexibility index (Phi) is 5.38. The van der Waals surface area contributed by atoms with Crippen LogP contribution in [0, 0.1) is 5.92 Å². The normalized spacial score (nSPS) is 14.1. The molecule has 1 aromatic carbocycles. The van der Waals surface area contributed by atoms with E-state index >= 15 is 0 Å². The SMILES string of the molecule is CC(C)C(C)N(C)S(=O)(=O)c1cc(CO)ccc1Cl. The summed E-state index contributed by atoms with van der Waals surface area (Å²) >= 11 is 5.98. The van der Waals surface area contributed by atoms with Crippen molar-refractivity contribution in [3.63, 3.8) is 0 Å². The van der Waals surface area contributed by atoms with Crippen LogP contribution in [0.2, 0.25) is 5.02 Å². The van der Waals surface area contributed by atoms with Crippen molar-refractivity contribution in [3.8, 4) is 0 Å². The molecule has 0 saturated heterocycles. The highest BCUT2D eigenvalue weighted by Gasteiger charge is 2.29. The van der Waals surface area contributed by atoms with Gasteiger partial charge < -0.3 is 5.11 Å². The van der Waals surface area contributed by atoms with Crippen molar-refractivity contribution in [3.05, 3.63) is 28.8 Å². The maximum atomic E-state index is 12.5. The molecule has 0 fully saturated rings. The predicted molar refractivity (Wildman–Crippen MR) is 76.6 cm³/mol. The van der Waals surface area contributed by atoms with Gasteiger partial charge in [0.25, 0.3) is 0 Å². The van der Waals surface area contributed by atoms with Crippen molar-refractivity contribution < 1.29 is 13.5 Å². The zero-order chi connectivity index (χ0) is 14.8. The smallest absolute Gasteiger partial charge is 0.244 e. The topological polar surface area (TPSA) is 57.6 Å². The van der Waals surface area contributed by atoms with Gasteiger partial charge in [0.1, 0.15) is 4.90 Å². The molecule has 0 aliphatic carbocycles. The molecular weight excluding hydrogens is 286 g/mol. The lowest BCUT2D eigenvalue weighted by Gasteiger charge is -2.27. The summed E-state index contributed by atoms with van der Waals surface area (Å²) in [4.78, 5) is 0.0377. The van der Waals surface area contributed by atoms with Gasteiger partial charge in [-0.15, -0.1) is 0 Å². The zero-order valence-corrected chi connectivity index (χ0v) is 13.2. The van der Waals surface area contributed by atoms with Gasteiger partial charge in [-0.2, -0.15) is 4.31 Å². The molecule has 1 N–H and O–H groups in total. The molecule has 0 aliphatic rings. The fourth-order valence-corrected chi connectivity index (χ4v) is 3.65. The lowest BCUT2D eigenvalue weighted by Crippen LogP contribution is -2.38. The van der Waals surface area contributed by atoms with Crippen LogP contribution in [0.1, 0.15) is 26.3 Å². The first-order valence-corrected chi connectivity index (χ1v) is 7.91. The molecule has 0 radical (unpaired) electrons. The Hall–Kier alpha value is -0.620. The van der Waals surface area contributed by atoms with Crippen molar-refractivity contribution in [2.45, 2.75) is 38.3 Å². The number of sulfonamides is 1. The quantitative estimate of drug-likeness (QED) is 0.909. The fraction of sp³-hybridized carbons (Fsp3) is 0.538. The van der Waals surface area contributed by atoms with Crippen LogP contribution in [0.3, 0.4) is 0 Å². The van der Waals surface area contributed by atoms with Crippen LogP contribution < -0.4 is 0 Å². The van der Waals surface area contributed by atoms with E-state index in [4.69, 9.17) is 16.7 Å². The summed E-state index contributed by atoms with van der Waals surface area (Å²) in [5, 5.41) is 9.27. The molecule has 0 aliphatic heterocycles. The first-order valence-electron chi connectivity index (χ1n) is 6.09. The molecule has 1 rings (SSSR count). The summed E-state index contributed by atoms with van der Waals surface area (Å²) in [6.45, 7) is 5.56. The maximum absolute atomic E-state index is 12.5. The minimum atomic E-state index is -3.66. The first-order chi connectivity index (χ1) is 8.71. The van der Waals surface area contributed by atoms with Gasteiger partial charge >= 0.3 is 0 Å². The minimum absolute atomic E-state index is 0.0377. The Morgan fingerprint density at radius 2 is 1.89 bits per heavy atom. The van der Waals surface area contributed by atoms with Gasteiger partial charge in [-0.1, -0.05) is 31.5 Å². The van der Waals surface area contributed by atoms with Crippen LogP contribution in [0.15, 0.2) is 23.1 Å². The van der Waals surface area contributed by atoms with Crippen LogP contribution >= 0.6 is 11.6 Å². The van der Waals surface area contributed by atoms with E-state index in [1.165, 1.54) is 16.4 Å². The van der Waals surface area contributed by atoms with E-state index in [0.717, 1.165) is 0 Å². The van der Waals surface area contributed by atoms with Gasteiger partial charge in [-0.3, -0.25) is 0 Å². The average Bonchev–Trinajstić information content (AvgIpc) is 2.37. The van der Waals surface area contributed by atoms with Crippen molar-refractivity contribution in [2.24, 2.45) is 5.92 Å². The van der Waals surface area contributed by atoms with E-state index in [-0.39, 0.29) is 28.5 Å². The van der Waals surface area contributed by atoms with E-state index in [1.54, 1.807) is 13.1 Å². The third kappa shape index (κ3) is 3.48. The van der Waals surface area contributed by atoms with Crippen molar-refractivity contribution >= 4 is 21.6 Å². The third-order valence-corrected chi connectivity index (χ3v) is 5.80. The second kappa shape index (κ2) is 6.22. The number of benzene rings is 1. The molecule has 4 nitrogen and oxygen atoms in total. The van der Waals surface area contributed by atoms with Crippen LogP contribution in [0.4, 0.5) is 0 Å². The highest BCUT2D eigenvalue weighted by Crippen LogP contribution is 2.27. The fourth-order valence-electron chi connectivity index (χ4n) is 1.64. The maximum Gasteiger partial charge on any atom is 0.244 e. The lowest BCUT2D eigenvalue weighted by molar-refractivity contribution is 0.281. The lowest BCUT2D eigenvalue weighted by atomic mass is 10.1. The molecule has 0 heterocycles. The standard InChI is InChI=1S/C13H20ClNO3S/c1-9(2)10(3)15(4)19(17,18)13-7-11(8-16)5-6-12(13)14/h5-7,9-10,16H,8H2,1-4H3. The summed E-state index contributed by atoms with van der Waals surface area (Å²) < 4.78 is 26.4. The van der Waals surface area contributed by atoms with Gasteiger partial charge in [0.05, 0.1) is 11.6 Å². The van der Waals surface area contributed by atoms with Crippen LogP contribution in [-0.4, -0.2) is 30.9 Å². The largest absolute Gasteiger partial charge is 0.392 e. The summed E-state index contributed by atoms with van der Waals surface area (Å²) in [5.74, 6) is 0.194. The molecule has 0 spiro atoms. The Morgan fingerprint density at radius 3 is 2.37 bits per heavy atom. The number of nitrogens with zero attached hydrogens (tertiary/aromatic N) is 1. The van der Waals surface area contributed by atoms with Crippen molar-refractivity contribution in [2.75, 3.05) is 7.05 Å². The molecule has 6 heteroatoms. The van der Waals surface area contributed by atoms with E-state index in [2.05, 4.69) is 0 Å². The number of hydrogen-bond acceptors (Lipinski definition) is 3. The summed E-state index contributed by atoms with van der Waals surface area (Å²) in [6, 6.07) is 4.38. The van der Waals surface area contributed by atoms with Crippen molar-refractivity contribution in [1.29, 1.82) is 0 Å². The van der Waals surface area contributed by atoms with Gasteiger partial charge in [0.15, 0.2) is 0 Å². The van der Waals surface area contributed by atoms with Gasteiger partial charge in [-0.25, -0.2) is 8.42 Å². The van der Waals surface area contributed by atoms with Crippen LogP contribution in [0.25, 0.3) is 0 Å². The third-order valence-electron chi connectivity index (χ3n) is 3.37. The molecule has 0 amide bonds. The zero-order valence-electron chi connectivity index (χ0n) is 11.6. The van der Waals surface area contributed by atoms with Gasteiger partial charge in [0.2, 0.25) is 10.0 Å². The van der Waals surface area contributed by atoms with Crippen molar-refractivity contribution in [1.82, 2.24) is 4.31 Å².